The molecule has 1 aromatic carbocycles. The maximum atomic E-state index is 12.5. The summed E-state index contributed by atoms with van der Waals surface area (Å²) in [6.07, 6.45) is 8.68. The zero-order valence-electron chi connectivity index (χ0n) is 25.3. The summed E-state index contributed by atoms with van der Waals surface area (Å²) in [6, 6.07) is 6.29. The molecule has 1 aliphatic carbocycles. The van der Waals surface area contributed by atoms with Crippen LogP contribution in [0.15, 0.2) is 18.2 Å². The number of benzene rings is 1. The second-order valence-corrected chi connectivity index (χ2v) is 12.8. The fourth-order valence-corrected chi connectivity index (χ4v) is 6.24. The molecule has 0 aromatic heterocycles. The molecule has 3 rings (SSSR count). The van der Waals surface area contributed by atoms with Crippen LogP contribution in [-0.2, 0) is 35.6 Å². The molecule has 3 atom stereocenters. The maximum absolute atomic E-state index is 12.5. The molecule has 238 valence electrons. The summed E-state index contributed by atoms with van der Waals surface area (Å²) in [4.78, 5) is 28.3. The fraction of sp³-hybridized carbons (Fsp3) is 0.733. The van der Waals surface area contributed by atoms with Crippen LogP contribution in [-0.4, -0.2) is 106 Å². The molecular weight excluding hydrogens is 564 g/mol. The summed E-state index contributed by atoms with van der Waals surface area (Å²) < 4.78 is 53.4. The quantitative estimate of drug-likeness (QED) is 0.158. The number of hydrogen-bond acceptors (Lipinski definition) is 9. The minimum Gasteiger partial charge on any atom is -0.493 e. The lowest BCUT2D eigenvalue weighted by molar-refractivity contribution is -0.148. The number of likely N-dealkylation sites (tertiary alicyclic amines) is 1. The normalized spacial score (nSPS) is 21.2. The van der Waals surface area contributed by atoms with Crippen molar-refractivity contribution in [1.82, 2.24) is 9.80 Å². The van der Waals surface area contributed by atoms with Crippen LogP contribution in [0.4, 0.5) is 0 Å². The number of methoxy groups -OCH3 is 2. The van der Waals surface area contributed by atoms with Gasteiger partial charge in [-0.2, -0.15) is 8.42 Å². The molecule has 1 aliphatic heterocycles. The molecule has 0 bridgehead atoms. The molecular formula is C30H48N2O9S. The zero-order chi connectivity index (χ0) is 30.5. The Morgan fingerprint density at radius 1 is 1.02 bits per heavy atom. The summed E-state index contributed by atoms with van der Waals surface area (Å²) in [6.45, 7) is 2.21. The average Bonchev–Trinajstić information content (AvgIpc) is 3.43. The van der Waals surface area contributed by atoms with Gasteiger partial charge in [0, 0.05) is 45.6 Å². The van der Waals surface area contributed by atoms with Crippen LogP contribution in [0.2, 0.25) is 0 Å². The van der Waals surface area contributed by atoms with E-state index >= 15 is 0 Å². The Kier molecular flexibility index (Phi) is 13.8. The highest BCUT2D eigenvalue weighted by Crippen LogP contribution is 2.30. The van der Waals surface area contributed by atoms with Gasteiger partial charge in [-0.05, 0) is 56.2 Å². The van der Waals surface area contributed by atoms with E-state index in [-0.39, 0.29) is 37.0 Å². The van der Waals surface area contributed by atoms with Crippen LogP contribution in [0, 0.1) is 0 Å². The van der Waals surface area contributed by atoms with Gasteiger partial charge in [0.15, 0.2) is 11.5 Å². The highest BCUT2D eigenvalue weighted by molar-refractivity contribution is 7.85. The summed E-state index contributed by atoms with van der Waals surface area (Å²) in [7, 11) is 0.685. The molecule has 0 unspecified atom stereocenters. The van der Waals surface area contributed by atoms with E-state index in [0.29, 0.717) is 44.1 Å². The van der Waals surface area contributed by atoms with E-state index in [1.165, 1.54) is 18.4 Å². The largest absolute Gasteiger partial charge is 0.493 e. The van der Waals surface area contributed by atoms with Crippen molar-refractivity contribution in [1.29, 1.82) is 0 Å². The molecule has 0 spiro atoms. The Labute approximate surface area is 250 Å². The van der Waals surface area contributed by atoms with Gasteiger partial charge in [-0.1, -0.05) is 25.3 Å². The van der Waals surface area contributed by atoms with Gasteiger partial charge in [0.1, 0.15) is 6.10 Å². The van der Waals surface area contributed by atoms with Crippen LogP contribution in [0.1, 0.15) is 69.8 Å². The fourth-order valence-electron chi connectivity index (χ4n) is 5.74. The van der Waals surface area contributed by atoms with Gasteiger partial charge in [-0.15, -0.1) is 0 Å². The Morgan fingerprint density at radius 3 is 2.50 bits per heavy atom. The predicted molar refractivity (Wildman–Crippen MR) is 158 cm³/mol. The van der Waals surface area contributed by atoms with E-state index in [9.17, 15) is 18.0 Å². The van der Waals surface area contributed by atoms with E-state index in [1.54, 1.807) is 14.2 Å². The van der Waals surface area contributed by atoms with E-state index in [0.717, 1.165) is 56.5 Å². The van der Waals surface area contributed by atoms with Gasteiger partial charge in [0.05, 0.1) is 32.7 Å². The Hall–Kier alpha value is -2.41. The number of esters is 1. The molecule has 0 radical (unpaired) electrons. The van der Waals surface area contributed by atoms with Crippen molar-refractivity contribution in [2.75, 3.05) is 53.3 Å². The standard InChI is InChI=1S/C30H48N2O9S/c1-31(18-20-42(35,36)37)29(33)11-5-4-6-12-30(34)41-24-15-17-32(22-24)25-9-7-8-10-26(25)40-19-16-23-13-14-27(38-2)28(21-23)39-3/h13-14,21,24-26H,4-12,15-20,22H2,1-3H3,(H,35,36,37)/t24-,25+,26+/m0/s1. The molecule has 2 aliphatic rings. The van der Waals surface area contributed by atoms with Gasteiger partial charge in [0.2, 0.25) is 5.91 Å². The summed E-state index contributed by atoms with van der Waals surface area (Å²) in [5, 5.41) is 0. The first-order valence-electron chi connectivity index (χ1n) is 15.0. The van der Waals surface area contributed by atoms with Crippen molar-refractivity contribution in [3.8, 4) is 11.5 Å². The molecule has 11 nitrogen and oxygen atoms in total. The first-order chi connectivity index (χ1) is 20.1. The molecule has 42 heavy (non-hydrogen) atoms. The molecule has 1 amide bonds. The number of carbonyl (C=O) groups is 2. The number of amides is 1. The zero-order valence-corrected chi connectivity index (χ0v) is 26.1. The van der Waals surface area contributed by atoms with Crippen molar-refractivity contribution < 1.29 is 41.5 Å². The third-order valence-electron chi connectivity index (χ3n) is 8.16. The maximum Gasteiger partial charge on any atom is 0.306 e. The molecule has 1 saturated heterocycles. The van der Waals surface area contributed by atoms with E-state index < -0.39 is 15.9 Å². The van der Waals surface area contributed by atoms with Crippen molar-refractivity contribution in [2.24, 2.45) is 0 Å². The predicted octanol–water partition coefficient (Wildman–Crippen LogP) is 3.49. The molecule has 1 saturated carbocycles. The lowest BCUT2D eigenvalue weighted by Gasteiger charge is -2.37. The van der Waals surface area contributed by atoms with E-state index in [2.05, 4.69) is 4.90 Å². The molecule has 2 fully saturated rings. The van der Waals surface area contributed by atoms with Gasteiger partial charge in [-0.3, -0.25) is 19.0 Å². The van der Waals surface area contributed by atoms with Crippen LogP contribution in [0.3, 0.4) is 0 Å². The van der Waals surface area contributed by atoms with Gasteiger partial charge in [0.25, 0.3) is 10.1 Å². The van der Waals surface area contributed by atoms with E-state index in [4.69, 9.17) is 23.5 Å². The lowest BCUT2D eigenvalue weighted by Crippen LogP contribution is -2.46. The second kappa shape index (κ2) is 17.0. The summed E-state index contributed by atoms with van der Waals surface area (Å²) in [5.41, 5.74) is 1.14. The first kappa shape index (κ1) is 34.1. The lowest BCUT2D eigenvalue weighted by atomic mass is 9.91. The minimum absolute atomic E-state index is 0.0462. The number of nitrogens with zero attached hydrogens (tertiary/aromatic N) is 2. The number of hydrogen-bond donors (Lipinski definition) is 1. The third kappa shape index (κ3) is 11.3. The SMILES string of the molecule is COc1ccc(CCO[C@@H]2CCCC[C@H]2N2CC[C@H](OC(=O)CCCCCC(=O)N(C)CCS(=O)(=O)O)C2)cc1OC. The Balaban J connectivity index is 1.33. The second-order valence-electron chi connectivity index (χ2n) is 11.3. The highest BCUT2D eigenvalue weighted by Gasteiger charge is 2.36. The van der Waals surface area contributed by atoms with Crippen molar-refractivity contribution >= 4 is 22.0 Å². The van der Waals surface area contributed by atoms with Crippen molar-refractivity contribution in [2.45, 2.75) is 88.9 Å². The van der Waals surface area contributed by atoms with Crippen molar-refractivity contribution in [3.63, 3.8) is 0 Å². The Bertz CT molecular complexity index is 1110. The highest BCUT2D eigenvalue weighted by atomic mass is 32.2. The molecule has 12 heteroatoms. The first-order valence-corrected chi connectivity index (χ1v) is 16.7. The summed E-state index contributed by atoms with van der Waals surface area (Å²) in [5.74, 6) is 0.572. The topological polar surface area (TPSA) is 132 Å². The van der Waals surface area contributed by atoms with Crippen LogP contribution >= 0.6 is 0 Å². The number of carbonyl (C=O) groups excluding carboxylic acids is 2. The number of rotatable bonds is 17. The van der Waals surface area contributed by atoms with Gasteiger partial charge < -0.3 is 23.8 Å². The van der Waals surface area contributed by atoms with Crippen molar-refractivity contribution in [3.05, 3.63) is 23.8 Å². The van der Waals surface area contributed by atoms with Gasteiger partial charge >= 0.3 is 5.97 Å². The van der Waals surface area contributed by atoms with E-state index in [1.807, 2.05) is 18.2 Å². The minimum atomic E-state index is -4.09. The molecule has 1 aromatic rings. The number of unbranched alkanes of at least 4 members (excludes halogenated alkanes) is 2. The van der Waals surface area contributed by atoms with Crippen LogP contribution in [0.25, 0.3) is 0 Å². The van der Waals surface area contributed by atoms with Crippen LogP contribution < -0.4 is 9.47 Å². The number of ether oxygens (including phenoxy) is 4. The van der Waals surface area contributed by atoms with Gasteiger partial charge in [-0.25, -0.2) is 0 Å². The smallest absolute Gasteiger partial charge is 0.306 e. The summed E-state index contributed by atoms with van der Waals surface area (Å²) >= 11 is 0. The monoisotopic (exact) mass is 612 g/mol. The third-order valence-corrected chi connectivity index (χ3v) is 8.86. The molecule has 1 heterocycles. The average molecular weight is 613 g/mol. The Morgan fingerprint density at radius 2 is 1.76 bits per heavy atom. The van der Waals surface area contributed by atoms with Crippen LogP contribution in [0.5, 0.6) is 11.5 Å². The molecule has 1 N–H and O–H groups in total.